The van der Waals surface area contributed by atoms with Gasteiger partial charge in [0.05, 0.1) is 11.2 Å². The number of carbonyl (C=O) groups excluding carboxylic acids is 1. The Hall–Kier alpha value is -2.75. The summed E-state index contributed by atoms with van der Waals surface area (Å²) in [6, 6.07) is 10.2. The number of hydrogen-bond donors (Lipinski definition) is 1. The van der Waals surface area contributed by atoms with E-state index in [9.17, 15) is 17.6 Å². The fourth-order valence-electron chi connectivity index (χ4n) is 3.46. The van der Waals surface area contributed by atoms with E-state index in [4.69, 9.17) is 16.0 Å². The summed E-state index contributed by atoms with van der Waals surface area (Å²) in [7, 11) is -3.71. The second kappa shape index (κ2) is 9.40. The number of amides is 1. The van der Waals surface area contributed by atoms with Crippen molar-refractivity contribution in [1.82, 2.24) is 9.29 Å². The first-order chi connectivity index (χ1) is 15.3. The van der Waals surface area contributed by atoms with Crippen LogP contribution < -0.4 is 5.32 Å². The zero-order valence-electron chi connectivity index (χ0n) is 17.1. The van der Waals surface area contributed by atoms with Crippen LogP contribution in [-0.2, 0) is 21.2 Å². The van der Waals surface area contributed by atoms with Crippen LogP contribution in [0, 0.1) is 5.82 Å². The van der Waals surface area contributed by atoms with Gasteiger partial charge in [0, 0.05) is 37.2 Å². The first-order valence-electron chi connectivity index (χ1n) is 10.1. The molecule has 0 atom stereocenters. The highest BCUT2D eigenvalue weighted by atomic mass is 35.5. The number of anilines is 1. The van der Waals surface area contributed by atoms with E-state index in [1.165, 1.54) is 34.8 Å². The molecule has 1 aliphatic rings. The number of carbonyl (C=O) groups is 1. The topological polar surface area (TPSA) is 92.5 Å². The van der Waals surface area contributed by atoms with Gasteiger partial charge in [0.1, 0.15) is 10.7 Å². The predicted octanol–water partition coefficient (Wildman–Crippen LogP) is 4.49. The molecule has 1 aromatic heterocycles. The maximum absolute atomic E-state index is 13.1. The number of nitrogens with zero attached hydrogens (tertiary/aromatic N) is 2. The van der Waals surface area contributed by atoms with Gasteiger partial charge in [0.25, 0.3) is 0 Å². The summed E-state index contributed by atoms with van der Waals surface area (Å²) in [5, 5.41) is 2.81. The average Bonchev–Trinajstić information content (AvgIpc) is 3.47. The Morgan fingerprint density at radius 2 is 1.88 bits per heavy atom. The lowest BCUT2D eigenvalue weighted by molar-refractivity contribution is -0.116. The Morgan fingerprint density at radius 1 is 1.16 bits per heavy atom. The van der Waals surface area contributed by atoms with Crippen molar-refractivity contribution in [3.05, 3.63) is 65.4 Å². The number of benzene rings is 2. The number of rotatable bonds is 7. The molecule has 0 radical (unpaired) electrons. The number of aryl methyl sites for hydroxylation is 1. The van der Waals surface area contributed by atoms with Gasteiger partial charge in [-0.25, -0.2) is 17.8 Å². The number of hydrogen-bond acceptors (Lipinski definition) is 5. The largest absolute Gasteiger partial charge is 0.441 e. The second-order valence-corrected chi connectivity index (χ2v) is 9.74. The molecule has 1 fully saturated rings. The van der Waals surface area contributed by atoms with Gasteiger partial charge in [-0.05, 0) is 55.3 Å². The van der Waals surface area contributed by atoms with Crippen molar-refractivity contribution < 1.29 is 22.0 Å². The van der Waals surface area contributed by atoms with Crippen LogP contribution >= 0.6 is 11.6 Å². The fourth-order valence-corrected chi connectivity index (χ4v) is 5.48. The van der Waals surface area contributed by atoms with Crippen LogP contribution in [0.1, 0.15) is 25.2 Å². The number of sulfonamides is 1. The first kappa shape index (κ1) is 22.4. The highest BCUT2D eigenvalue weighted by molar-refractivity contribution is 7.89. The number of nitrogens with one attached hydrogen (secondary N) is 1. The standard InChI is InChI=1S/C22H21ClFN3O4S/c23-18-8-7-17(13-20(18)32(29,30)27-11-1-2-12-27)26-21(28)9-10-22-25-14-19(31-22)15-3-5-16(24)6-4-15/h3-8,13-14H,1-2,9-12H2,(H,26,28). The summed E-state index contributed by atoms with van der Waals surface area (Å²) in [4.78, 5) is 16.5. The van der Waals surface area contributed by atoms with Crippen molar-refractivity contribution in [3.8, 4) is 11.3 Å². The Balaban J connectivity index is 1.39. The van der Waals surface area contributed by atoms with Crippen LogP contribution in [0.25, 0.3) is 11.3 Å². The summed E-state index contributed by atoms with van der Waals surface area (Å²) < 4.78 is 45.7. The normalized spacial score (nSPS) is 14.6. The van der Waals surface area contributed by atoms with E-state index in [2.05, 4.69) is 10.3 Å². The summed E-state index contributed by atoms with van der Waals surface area (Å²) in [6.45, 7) is 0.927. The molecular formula is C22H21ClFN3O4S. The minimum absolute atomic E-state index is 0.0180. The predicted molar refractivity (Wildman–Crippen MR) is 118 cm³/mol. The minimum atomic E-state index is -3.71. The highest BCUT2D eigenvalue weighted by Gasteiger charge is 2.29. The quantitative estimate of drug-likeness (QED) is 0.541. The van der Waals surface area contributed by atoms with E-state index < -0.39 is 10.0 Å². The molecule has 1 aliphatic heterocycles. The molecule has 32 heavy (non-hydrogen) atoms. The molecule has 0 spiro atoms. The fraction of sp³-hybridized carbons (Fsp3) is 0.273. The lowest BCUT2D eigenvalue weighted by Crippen LogP contribution is -2.28. The molecule has 10 heteroatoms. The smallest absolute Gasteiger partial charge is 0.244 e. The van der Waals surface area contributed by atoms with Crippen molar-refractivity contribution in [1.29, 1.82) is 0 Å². The highest BCUT2D eigenvalue weighted by Crippen LogP contribution is 2.30. The van der Waals surface area contributed by atoms with Crippen LogP contribution in [-0.4, -0.2) is 36.7 Å². The van der Waals surface area contributed by atoms with Crippen LogP contribution in [0.5, 0.6) is 0 Å². The van der Waals surface area contributed by atoms with Crippen LogP contribution in [0.15, 0.2) is 58.0 Å². The van der Waals surface area contributed by atoms with Crippen LogP contribution in [0.2, 0.25) is 5.02 Å². The number of oxazole rings is 1. The van der Waals surface area contributed by atoms with Crippen molar-refractivity contribution in [2.75, 3.05) is 18.4 Å². The van der Waals surface area contributed by atoms with Crippen LogP contribution in [0.4, 0.5) is 10.1 Å². The molecule has 168 valence electrons. The van der Waals surface area contributed by atoms with E-state index in [1.54, 1.807) is 18.2 Å². The third kappa shape index (κ3) is 5.01. The Labute approximate surface area is 190 Å². The summed E-state index contributed by atoms with van der Waals surface area (Å²) in [5.41, 5.74) is 1.03. The van der Waals surface area contributed by atoms with Gasteiger partial charge >= 0.3 is 0 Å². The molecule has 0 unspecified atom stereocenters. The zero-order chi connectivity index (χ0) is 22.7. The summed E-state index contributed by atoms with van der Waals surface area (Å²) in [6.07, 6.45) is 3.49. The third-order valence-corrected chi connectivity index (χ3v) is 7.53. The van der Waals surface area contributed by atoms with Crippen molar-refractivity contribution in [2.24, 2.45) is 0 Å². The molecule has 0 aliphatic carbocycles. The SMILES string of the molecule is O=C(CCc1ncc(-c2ccc(F)cc2)o1)Nc1ccc(Cl)c(S(=O)(=O)N2CCCC2)c1. The molecule has 1 N–H and O–H groups in total. The monoisotopic (exact) mass is 477 g/mol. The first-order valence-corrected chi connectivity index (χ1v) is 11.9. The molecule has 7 nitrogen and oxygen atoms in total. The van der Waals surface area contributed by atoms with E-state index in [1.807, 2.05) is 0 Å². The van der Waals surface area contributed by atoms with Gasteiger partial charge in [-0.1, -0.05) is 11.6 Å². The lowest BCUT2D eigenvalue weighted by atomic mass is 10.2. The number of halogens is 2. The van der Waals surface area contributed by atoms with Crippen molar-refractivity contribution >= 4 is 33.2 Å². The van der Waals surface area contributed by atoms with Crippen molar-refractivity contribution in [3.63, 3.8) is 0 Å². The van der Waals surface area contributed by atoms with E-state index >= 15 is 0 Å². The van der Waals surface area contributed by atoms with E-state index in [0.29, 0.717) is 36.0 Å². The lowest BCUT2D eigenvalue weighted by Gasteiger charge is -2.17. The Morgan fingerprint density at radius 3 is 2.59 bits per heavy atom. The zero-order valence-corrected chi connectivity index (χ0v) is 18.6. The average molecular weight is 478 g/mol. The van der Waals surface area contributed by atoms with Crippen LogP contribution in [0.3, 0.4) is 0 Å². The van der Waals surface area contributed by atoms with Gasteiger partial charge in [-0.2, -0.15) is 4.31 Å². The molecule has 0 bridgehead atoms. The molecule has 4 rings (SSSR count). The number of aromatic nitrogens is 1. The molecule has 1 saturated heterocycles. The van der Waals surface area contributed by atoms with Gasteiger partial charge in [-0.15, -0.1) is 0 Å². The van der Waals surface area contributed by atoms with E-state index in [0.717, 1.165) is 12.8 Å². The second-order valence-electron chi connectivity index (χ2n) is 7.43. The third-order valence-electron chi connectivity index (χ3n) is 5.15. The van der Waals surface area contributed by atoms with Gasteiger partial charge in [-0.3, -0.25) is 4.79 Å². The van der Waals surface area contributed by atoms with E-state index in [-0.39, 0.29) is 34.5 Å². The summed E-state index contributed by atoms with van der Waals surface area (Å²) in [5.74, 6) is 0.185. The van der Waals surface area contributed by atoms with Gasteiger partial charge in [0.15, 0.2) is 11.7 Å². The Kier molecular flexibility index (Phi) is 6.59. The molecule has 1 amide bonds. The minimum Gasteiger partial charge on any atom is -0.441 e. The summed E-state index contributed by atoms with van der Waals surface area (Å²) >= 11 is 6.14. The van der Waals surface area contributed by atoms with Gasteiger partial charge in [0.2, 0.25) is 15.9 Å². The maximum atomic E-state index is 13.1. The molecule has 2 aromatic carbocycles. The van der Waals surface area contributed by atoms with Gasteiger partial charge < -0.3 is 9.73 Å². The maximum Gasteiger partial charge on any atom is 0.244 e. The molecule has 3 aromatic rings. The molecular weight excluding hydrogens is 457 g/mol. The van der Waals surface area contributed by atoms with Crippen molar-refractivity contribution in [2.45, 2.75) is 30.6 Å². The molecule has 0 saturated carbocycles. The molecule has 2 heterocycles. The Bertz CT molecular complexity index is 1220.